The lowest BCUT2D eigenvalue weighted by Gasteiger charge is -2.19. The zero-order valence-corrected chi connectivity index (χ0v) is 14.7. The minimum Gasteiger partial charge on any atom is -0.375 e. The molecule has 1 N–H and O–H groups in total. The van der Waals surface area contributed by atoms with E-state index in [2.05, 4.69) is 9.62 Å². The van der Waals surface area contributed by atoms with E-state index in [0.717, 1.165) is 12.2 Å². The summed E-state index contributed by atoms with van der Waals surface area (Å²) in [5.74, 6) is -0.156. The fraction of sp³-hybridized carbons (Fsp3) is 0.278. The van der Waals surface area contributed by atoms with Crippen molar-refractivity contribution in [1.29, 1.82) is 0 Å². The van der Waals surface area contributed by atoms with Gasteiger partial charge in [-0.2, -0.15) is 0 Å². The molecular weight excluding hydrogens is 324 g/mol. The third-order valence-electron chi connectivity index (χ3n) is 3.71. The fourth-order valence-corrected chi connectivity index (χ4v) is 3.42. The molecule has 0 saturated heterocycles. The maximum atomic E-state index is 12.3. The Morgan fingerprint density at radius 1 is 1.08 bits per heavy atom. The number of nitrogens with one attached hydrogen (secondary N) is 1. The Kier molecular flexibility index (Phi) is 6.11. The third kappa shape index (κ3) is 4.91. The second-order valence-corrected chi connectivity index (χ2v) is 7.36. The quantitative estimate of drug-likeness (QED) is 0.589. The van der Waals surface area contributed by atoms with Crippen LogP contribution in [-0.4, -0.2) is 34.3 Å². The molecule has 0 amide bonds. The first kappa shape index (κ1) is 18.2. The van der Waals surface area contributed by atoms with Crippen molar-refractivity contribution >= 4 is 21.5 Å². The summed E-state index contributed by atoms with van der Waals surface area (Å²) in [4.78, 5) is 13.6. The Labute approximate surface area is 143 Å². The Morgan fingerprint density at radius 2 is 1.79 bits per heavy atom. The Morgan fingerprint density at radius 3 is 2.46 bits per heavy atom. The first-order valence-electron chi connectivity index (χ1n) is 7.77. The summed E-state index contributed by atoms with van der Waals surface area (Å²) in [5.41, 5.74) is 1.48. The van der Waals surface area contributed by atoms with E-state index in [1.54, 1.807) is 12.1 Å². The van der Waals surface area contributed by atoms with Gasteiger partial charge in [0, 0.05) is 31.4 Å². The number of Topliss-reactive ketones (excluding diaryl/α,β-unsaturated/α-hetero) is 1. The van der Waals surface area contributed by atoms with Gasteiger partial charge in [-0.3, -0.25) is 4.79 Å². The number of ketones is 1. The number of hydrogen-bond donors (Lipinski definition) is 1. The molecule has 0 unspecified atom stereocenters. The highest BCUT2D eigenvalue weighted by Crippen LogP contribution is 2.13. The molecule has 24 heavy (non-hydrogen) atoms. The highest BCUT2D eigenvalue weighted by molar-refractivity contribution is 7.89. The normalized spacial score (nSPS) is 11.2. The lowest BCUT2D eigenvalue weighted by atomic mass is 10.2. The Bertz CT molecular complexity index is 789. The average Bonchev–Trinajstić information content (AvgIpc) is 2.59. The van der Waals surface area contributed by atoms with E-state index in [4.69, 9.17) is 0 Å². The van der Waals surface area contributed by atoms with Crippen LogP contribution < -0.4 is 9.62 Å². The van der Waals surface area contributed by atoms with Crippen molar-refractivity contribution in [3.63, 3.8) is 0 Å². The monoisotopic (exact) mass is 346 g/mol. The fourth-order valence-electron chi connectivity index (χ4n) is 2.30. The predicted molar refractivity (Wildman–Crippen MR) is 96.0 cm³/mol. The number of sulfonamides is 1. The van der Waals surface area contributed by atoms with Gasteiger partial charge >= 0.3 is 0 Å². The summed E-state index contributed by atoms with van der Waals surface area (Å²) in [6, 6.07) is 16.0. The van der Waals surface area contributed by atoms with E-state index < -0.39 is 10.0 Å². The van der Waals surface area contributed by atoms with Gasteiger partial charge in [-0.05, 0) is 37.6 Å². The van der Waals surface area contributed by atoms with Crippen molar-refractivity contribution in [2.45, 2.75) is 18.2 Å². The summed E-state index contributed by atoms with van der Waals surface area (Å²) >= 11 is 0. The van der Waals surface area contributed by atoms with Crippen molar-refractivity contribution < 1.29 is 13.2 Å². The van der Waals surface area contributed by atoms with Gasteiger partial charge < -0.3 is 4.90 Å². The lowest BCUT2D eigenvalue weighted by Crippen LogP contribution is -2.28. The van der Waals surface area contributed by atoms with Gasteiger partial charge in [-0.25, -0.2) is 13.1 Å². The molecule has 0 aromatic heterocycles. The molecule has 0 saturated carbocycles. The van der Waals surface area contributed by atoms with Gasteiger partial charge in [0.25, 0.3) is 0 Å². The van der Waals surface area contributed by atoms with E-state index in [1.807, 2.05) is 37.4 Å². The van der Waals surface area contributed by atoms with Crippen LogP contribution in [-0.2, 0) is 10.0 Å². The number of carbonyl (C=O) groups excluding carboxylic acids is 1. The lowest BCUT2D eigenvalue weighted by molar-refractivity contribution is 0.101. The molecule has 5 nitrogen and oxygen atoms in total. The minimum atomic E-state index is -3.60. The molecule has 0 bridgehead atoms. The molecule has 128 valence electrons. The molecule has 0 aliphatic heterocycles. The second kappa shape index (κ2) is 8.08. The summed E-state index contributed by atoms with van der Waals surface area (Å²) in [6.07, 6.45) is 0.678. The number of hydrogen-bond acceptors (Lipinski definition) is 4. The predicted octanol–water partition coefficient (Wildman–Crippen LogP) is 2.69. The number of benzene rings is 2. The molecule has 2 aromatic carbocycles. The van der Waals surface area contributed by atoms with Crippen LogP contribution in [0.2, 0.25) is 0 Å². The number of para-hydroxylation sites is 1. The summed E-state index contributed by atoms with van der Waals surface area (Å²) in [6.45, 7) is 2.49. The van der Waals surface area contributed by atoms with Gasteiger partial charge in [0.1, 0.15) is 0 Å². The molecule has 0 aliphatic carbocycles. The van der Waals surface area contributed by atoms with E-state index in [-0.39, 0.29) is 10.7 Å². The van der Waals surface area contributed by atoms with Crippen LogP contribution in [0.25, 0.3) is 0 Å². The maximum Gasteiger partial charge on any atom is 0.240 e. The second-order valence-electron chi connectivity index (χ2n) is 5.59. The minimum absolute atomic E-state index is 0.117. The first-order chi connectivity index (χ1) is 11.4. The molecule has 2 rings (SSSR count). The molecule has 6 heteroatoms. The summed E-state index contributed by atoms with van der Waals surface area (Å²) in [7, 11) is -1.63. The third-order valence-corrected chi connectivity index (χ3v) is 5.17. The molecular formula is C18H22N2O3S. The zero-order valence-electron chi connectivity index (χ0n) is 13.9. The van der Waals surface area contributed by atoms with Crippen LogP contribution in [0.15, 0.2) is 59.5 Å². The highest BCUT2D eigenvalue weighted by atomic mass is 32.2. The van der Waals surface area contributed by atoms with E-state index in [0.29, 0.717) is 18.5 Å². The van der Waals surface area contributed by atoms with Crippen molar-refractivity contribution in [2.24, 2.45) is 0 Å². The van der Waals surface area contributed by atoms with E-state index in [1.165, 1.54) is 19.1 Å². The van der Waals surface area contributed by atoms with E-state index in [9.17, 15) is 13.2 Å². The molecule has 0 heterocycles. The van der Waals surface area contributed by atoms with Gasteiger partial charge in [-0.15, -0.1) is 0 Å². The average molecular weight is 346 g/mol. The van der Waals surface area contributed by atoms with Crippen LogP contribution in [0.1, 0.15) is 23.7 Å². The van der Waals surface area contributed by atoms with Crippen molar-refractivity contribution in [1.82, 2.24) is 4.72 Å². The van der Waals surface area contributed by atoms with Gasteiger partial charge in [0.2, 0.25) is 10.0 Å². The van der Waals surface area contributed by atoms with Crippen molar-refractivity contribution in [3.8, 4) is 0 Å². The number of carbonyl (C=O) groups is 1. The van der Waals surface area contributed by atoms with Crippen LogP contribution in [0.3, 0.4) is 0 Å². The van der Waals surface area contributed by atoms with Crippen LogP contribution in [0.4, 0.5) is 5.69 Å². The van der Waals surface area contributed by atoms with Gasteiger partial charge in [0.15, 0.2) is 5.78 Å². The zero-order chi connectivity index (χ0) is 17.6. The van der Waals surface area contributed by atoms with Gasteiger partial charge in [-0.1, -0.05) is 30.3 Å². The standard InChI is InChI=1S/C18H22N2O3S/c1-15(21)16-8-6-11-18(14-16)24(22,23)19-12-7-13-20(2)17-9-4-3-5-10-17/h3-6,8-11,14,19H,7,12-13H2,1-2H3. The smallest absolute Gasteiger partial charge is 0.240 e. The number of rotatable bonds is 8. The molecule has 0 fully saturated rings. The Hall–Kier alpha value is -2.18. The number of anilines is 1. The van der Waals surface area contributed by atoms with Gasteiger partial charge in [0.05, 0.1) is 4.90 Å². The van der Waals surface area contributed by atoms with Crippen molar-refractivity contribution in [2.75, 3.05) is 25.0 Å². The highest BCUT2D eigenvalue weighted by Gasteiger charge is 2.14. The molecule has 0 radical (unpaired) electrons. The maximum absolute atomic E-state index is 12.3. The largest absolute Gasteiger partial charge is 0.375 e. The first-order valence-corrected chi connectivity index (χ1v) is 9.25. The molecule has 0 atom stereocenters. The molecule has 2 aromatic rings. The topological polar surface area (TPSA) is 66.5 Å². The summed E-state index contributed by atoms with van der Waals surface area (Å²) in [5, 5.41) is 0. The summed E-state index contributed by atoms with van der Waals surface area (Å²) < 4.78 is 27.2. The molecule has 0 spiro atoms. The van der Waals surface area contributed by atoms with E-state index >= 15 is 0 Å². The van der Waals surface area contributed by atoms with Crippen LogP contribution >= 0.6 is 0 Å². The van der Waals surface area contributed by atoms with Crippen LogP contribution in [0, 0.1) is 0 Å². The number of nitrogens with zero attached hydrogens (tertiary/aromatic N) is 1. The van der Waals surface area contributed by atoms with Crippen molar-refractivity contribution in [3.05, 3.63) is 60.2 Å². The molecule has 0 aliphatic rings. The van der Waals surface area contributed by atoms with Crippen LogP contribution in [0.5, 0.6) is 0 Å². The Balaban J connectivity index is 1.89. The SMILES string of the molecule is CC(=O)c1cccc(S(=O)(=O)NCCCN(C)c2ccccc2)c1.